The summed E-state index contributed by atoms with van der Waals surface area (Å²) in [4.78, 5) is 28.6. The molecule has 0 fully saturated rings. The van der Waals surface area contributed by atoms with Crippen LogP contribution in [0.2, 0.25) is 0 Å². The Labute approximate surface area is 197 Å². The number of amides is 2. The van der Waals surface area contributed by atoms with Gasteiger partial charge in [0.05, 0.1) is 5.69 Å². The summed E-state index contributed by atoms with van der Waals surface area (Å²) in [7, 11) is 0. The number of hydrogen-bond donors (Lipinski definition) is 2. The van der Waals surface area contributed by atoms with Crippen LogP contribution in [0.25, 0.3) is 22.4 Å². The SMILES string of the molecule is CC(=O)NCCCc1ccc(-c2csc(NC(=O)c3ccccc3-c3ccccc3)n2)cc1. The van der Waals surface area contributed by atoms with Gasteiger partial charge in [0.25, 0.3) is 5.91 Å². The van der Waals surface area contributed by atoms with Crippen LogP contribution in [0.4, 0.5) is 5.13 Å². The Bertz CT molecular complexity index is 1230. The first-order valence-corrected chi connectivity index (χ1v) is 11.7. The fourth-order valence-corrected chi connectivity index (χ4v) is 4.29. The fraction of sp³-hybridized carbons (Fsp3) is 0.148. The van der Waals surface area contributed by atoms with Gasteiger partial charge in [-0.1, -0.05) is 72.8 Å². The maximum Gasteiger partial charge on any atom is 0.258 e. The van der Waals surface area contributed by atoms with Crippen LogP contribution in [0.3, 0.4) is 0 Å². The van der Waals surface area contributed by atoms with Crippen molar-refractivity contribution in [2.45, 2.75) is 19.8 Å². The van der Waals surface area contributed by atoms with Gasteiger partial charge in [0.1, 0.15) is 0 Å². The van der Waals surface area contributed by atoms with Crippen LogP contribution in [0.15, 0.2) is 84.2 Å². The molecule has 0 saturated heterocycles. The van der Waals surface area contributed by atoms with Crippen molar-refractivity contribution in [1.82, 2.24) is 10.3 Å². The van der Waals surface area contributed by atoms with Crippen LogP contribution in [0.1, 0.15) is 29.3 Å². The highest BCUT2D eigenvalue weighted by molar-refractivity contribution is 7.14. The van der Waals surface area contributed by atoms with Crippen LogP contribution in [0, 0.1) is 0 Å². The van der Waals surface area contributed by atoms with E-state index in [4.69, 9.17) is 0 Å². The zero-order valence-electron chi connectivity index (χ0n) is 18.4. The number of nitrogens with one attached hydrogen (secondary N) is 2. The predicted octanol–water partition coefficient (Wildman–Crippen LogP) is 5.80. The van der Waals surface area contributed by atoms with Gasteiger partial charge in [-0.2, -0.15) is 0 Å². The van der Waals surface area contributed by atoms with Crippen LogP contribution in [-0.4, -0.2) is 23.3 Å². The molecule has 3 aromatic carbocycles. The second-order valence-electron chi connectivity index (χ2n) is 7.69. The van der Waals surface area contributed by atoms with E-state index in [1.165, 1.54) is 23.8 Å². The zero-order valence-corrected chi connectivity index (χ0v) is 19.2. The van der Waals surface area contributed by atoms with E-state index in [9.17, 15) is 9.59 Å². The molecule has 1 aromatic heterocycles. The lowest BCUT2D eigenvalue weighted by atomic mass is 9.99. The maximum absolute atomic E-state index is 13.0. The fourth-order valence-electron chi connectivity index (χ4n) is 3.58. The topological polar surface area (TPSA) is 71.1 Å². The molecule has 2 N–H and O–H groups in total. The van der Waals surface area contributed by atoms with Crippen molar-refractivity contribution >= 4 is 28.3 Å². The van der Waals surface area contributed by atoms with Crippen molar-refractivity contribution in [1.29, 1.82) is 0 Å². The lowest BCUT2D eigenvalue weighted by molar-refractivity contribution is -0.118. The average Bonchev–Trinajstić information content (AvgIpc) is 3.31. The maximum atomic E-state index is 13.0. The third-order valence-electron chi connectivity index (χ3n) is 5.25. The third kappa shape index (κ3) is 5.93. The normalized spacial score (nSPS) is 10.6. The van der Waals surface area contributed by atoms with Crippen molar-refractivity contribution < 1.29 is 9.59 Å². The molecule has 33 heavy (non-hydrogen) atoms. The van der Waals surface area contributed by atoms with E-state index < -0.39 is 0 Å². The van der Waals surface area contributed by atoms with Gasteiger partial charge in [0.15, 0.2) is 5.13 Å². The first-order chi connectivity index (χ1) is 16.1. The Morgan fingerprint density at radius 3 is 2.36 bits per heavy atom. The van der Waals surface area contributed by atoms with Crippen LogP contribution in [-0.2, 0) is 11.2 Å². The highest BCUT2D eigenvalue weighted by Gasteiger charge is 2.14. The molecule has 0 atom stereocenters. The summed E-state index contributed by atoms with van der Waals surface area (Å²) in [6.07, 6.45) is 1.80. The van der Waals surface area contributed by atoms with Gasteiger partial charge in [-0.05, 0) is 35.6 Å². The van der Waals surface area contributed by atoms with Crippen molar-refractivity contribution in [2.75, 3.05) is 11.9 Å². The largest absolute Gasteiger partial charge is 0.356 e. The summed E-state index contributed by atoms with van der Waals surface area (Å²) < 4.78 is 0. The second-order valence-corrected chi connectivity index (χ2v) is 8.55. The smallest absolute Gasteiger partial charge is 0.258 e. The summed E-state index contributed by atoms with van der Waals surface area (Å²) in [5.74, 6) is -0.176. The summed E-state index contributed by atoms with van der Waals surface area (Å²) >= 11 is 1.41. The predicted molar refractivity (Wildman–Crippen MR) is 134 cm³/mol. The molecule has 0 aliphatic carbocycles. The Morgan fingerprint density at radius 2 is 1.61 bits per heavy atom. The van der Waals surface area contributed by atoms with E-state index in [1.54, 1.807) is 0 Å². The number of aromatic nitrogens is 1. The standard InChI is InChI=1S/C27H25N3O2S/c1-19(31)28-17-7-8-20-13-15-22(16-14-20)25-18-33-27(29-25)30-26(32)24-12-6-5-11-23(24)21-9-3-2-4-10-21/h2-6,9-16,18H,7-8,17H2,1H3,(H,28,31)(H,29,30,32). The molecule has 6 heteroatoms. The number of thiazole rings is 1. The molecule has 0 aliphatic rings. The van der Waals surface area contributed by atoms with Gasteiger partial charge in [0.2, 0.25) is 5.91 Å². The number of carbonyl (C=O) groups is 2. The van der Waals surface area contributed by atoms with E-state index >= 15 is 0 Å². The quantitative estimate of drug-likeness (QED) is 0.330. The average molecular weight is 456 g/mol. The first kappa shape index (κ1) is 22.4. The second kappa shape index (κ2) is 10.7. The van der Waals surface area contributed by atoms with Crippen molar-refractivity contribution in [3.05, 3.63) is 95.4 Å². The first-order valence-electron chi connectivity index (χ1n) is 10.9. The molecule has 1 heterocycles. The molecule has 0 unspecified atom stereocenters. The minimum absolute atomic E-state index is 0.000305. The van der Waals surface area contributed by atoms with Gasteiger partial charge < -0.3 is 5.32 Å². The van der Waals surface area contributed by atoms with E-state index in [0.29, 0.717) is 17.2 Å². The molecule has 4 aromatic rings. The Hall–Kier alpha value is -3.77. The van der Waals surface area contributed by atoms with Crippen LogP contribution >= 0.6 is 11.3 Å². The Balaban J connectivity index is 1.41. The molecule has 4 rings (SSSR count). The van der Waals surface area contributed by atoms with Gasteiger partial charge in [-0.15, -0.1) is 11.3 Å². The van der Waals surface area contributed by atoms with Crippen LogP contribution < -0.4 is 10.6 Å². The van der Waals surface area contributed by atoms with E-state index in [1.807, 2.05) is 72.1 Å². The van der Waals surface area contributed by atoms with Crippen molar-refractivity contribution in [3.63, 3.8) is 0 Å². The number of rotatable bonds is 8. The molecule has 0 aliphatic heterocycles. The molecule has 5 nitrogen and oxygen atoms in total. The molecule has 0 saturated carbocycles. The molecular formula is C27H25N3O2S. The van der Waals surface area contributed by atoms with E-state index in [-0.39, 0.29) is 11.8 Å². The highest BCUT2D eigenvalue weighted by atomic mass is 32.1. The number of nitrogens with zero attached hydrogens (tertiary/aromatic N) is 1. The molecule has 166 valence electrons. The summed E-state index contributed by atoms with van der Waals surface area (Å²) in [6.45, 7) is 2.21. The summed E-state index contributed by atoms with van der Waals surface area (Å²) in [5, 5.41) is 8.28. The van der Waals surface area contributed by atoms with Gasteiger partial charge in [0, 0.05) is 30.0 Å². The highest BCUT2D eigenvalue weighted by Crippen LogP contribution is 2.28. The van der Waals surface area contributed by atoms with Gasteiger partial charge >= 0.3 is 0 Å². The zero-order chi connectivity index (χ0) is 23.0. The molecule has 0 spiro atoms. The molecule has 0 radical (unpaired) electrons. The Kier molecular flexibility index (Phi) is 7.27. The Morgan fingerprint density at radius 1 is 0.879 bits per heavy atom. The van der Waals surface area contributed by atoms with Crippen molar-refractivity contribution in [3.8, 4) is 22.4 Å². The lowest BCUT2D eigenvalue weighted by Crippen LogP contribution is -2.21. The van der Waals surface area contributed by atoms with Crippen molar-refractivity contribution in [2.24, 2.45) is 0 Å². The van der Waals surface area contributed by atoms with Crippen LogP contribution in [0.5, 0.6) is 0 Å². The number of anilines is 1. The number of carbonyl (C=O) groups excluding carboxylic acids is 2. The molecular weight excluding hydrogens is 430 g/mol. The monoisotopic (exact) mass is 455 g/mol. The number of aryl methyl sites for hydroxylation is 1. The minimum Gasteiger partial charge on any atom is -0.356 e. The summed E-state index contributed by atoms with van der Waals surface area (Å²) in [6, 6.07) is 25.7. The van der Waals surface area contributed by atoms with E-state index in [0.717, 1.165) is 35.2 Å². The molecule has 0 bridgehead atoms. The minimum atomic E-state index is -0.176. The third-order valence-corrected chi connectivity index (χ3v) is 6.00. The van der Waals surface area contributed by atoms with E-state index in [2.05, 4.69) is 27.8 Å². The summed E-state index contributed by atoms with van der Waals surface area (Å²) in [5.41, 5.74) is 5.55. The lowest BCUT2D eigenvalue weighted by Gasteiger charge is -2.09. The van der Waals surface area contributed by atoms with Gasteiger partial charge in [-0.25, -0.2) is 4.98 Å². The molecule has 2 amide bonds. The number of hydrogen-bond acceptors (Lipinski definition) is 4. The van der Waals surface area contributed by atoms with Gasteiger partial charge in [-0.3, -0.25) is 14.9 Å². The number of benzene rings is 3.